The highest BCUT2D eigenvalue weighted by molar-refractivity contribution is 6.30. The Kier molecular flexibility index (Phi) is 11.7. The van der Waals surface area contributed by atoms with Crippen LogP contribution in [0.4, 0.5) is 0 Å². The number of rotatable bonds is 18. The van der Waals surface area contributed by atoms with Crippen molar-refractivity contribution in [3.63, 3.8) is 0 Å². The molecule has 0 radical (unpaired) electrons. The highest BCUT2D eigenvalue weighted by Crippen LogP contribution is 2.45. The van der Waals surface area contributed by atoms with Crippen molar-refractivity contribution in [2.24, 2.45) is 0 Å². The van der Waals surface area contributed by atoms with Gasteiger partial charge in [-0.15, -0.1) is 0 Å². The highest BCUT2D eigenvalue weighted by atomic mass is 16.5. The van der Waals surface area contributed by atoms with Gasteiger partial charge in [0, 0.05) is 14.1 Å². The first kappa shape index (κ1) is 31.4. The molecule has 226 valence electrons. The van der Waals surface area contributed by atoms with Crippen LogP contribution in [0.3, 0.4) is 0 Å². The average Bonchev–Trinajstić information content (AvgIpc) is 3.41. The molecule has 0 unspecified atom stereocenters. The van der Waals surface area contributed by atoms with E-state index in [2.05, 4.69) is 13.8 Å². The first-order valence-electron chi connectivity index (χ1n) is 16.0. The summed E-state index contributed by atoms with van der Waals surface area (Å²) < 4.78 is 11.9. The molecule has 2 aromatic rings. The second-order valence-electron chi connectivity index (χ2n) is 11.5. The quantitative estimate of drug-likeness (QED) is 0.169. The van der Waals surface area contributed by atoms with Gasteiger partial charge in [0.2, 0.25) is 0 Å². The van der Waals surface area contributed by atoms with Crippen molar-refractivity contribution in [2.45, 2.75) is 90.9 Å². The summed E-state index contributed by atoms with van der Waals surface area (Å²) in [5.41, 5.74) is 3.85. The molecular formula is C36H48N2O4. The minimum atomic E-state index is -0.167. The summed E-state index contributed by atoms with van der Waals surface area (Å²) >= 11 is 0. The Bertz CT molecular complexity index is 1160. The molecule has 0 saturated heterocycles. The summed E-state index contributed by atoms with van der Waals surface area (Å²) in [6.45, 7) is 5.85. The molecule has 0 aliphatic carbocycles. The molecule has 2 aromatic carbocycles. The van der Waals surface area contributed by atoms with E-state index in [1.54, 1.807) is 23.9 Å². The van der Waals surface area contributed by atoms with E-state index in [-0.39, 0.29) is 11.8 Å². The van der Waals surface area contributed by atoms with Crippen molar-refractivity contribution in [2.75, 3.05) is 27.3 Å². The van der Waals surface area contributed by atoms with Gasteiger partial charge in [-0.3, -0.25) is 9.59 Å². The van der Waals surface area contributed by atoms with E-state index in [1.165, 1.54) is 64.2 Å². The lowest BCUT2D eigenvalue weighted by Crippen LogP contribution is -2.25. The molecular weight excluding hydrogens is 524 g/mol. The third kappa shape index (κ3) is 7.45. The number of carbonyl (C=O) groups excluding carboxylic acids is 2. The Labute approximate surface area is 252 Å². The molecule has 0 spiro atoms. The molecule has 2 aliphatic rings. The van der Waals surface area contributed by atoms with Gasteiger partial charge in [-0.1, -0.05) is 78.1 Å². The van der Waals surface area contributed by atoms with Crippen molar-refractivity contribution in [3.8, 4) is 11.5 Å². The van der Waals surface area contributed by atoms with E-state index >= 15 is 0 Å². The number of amides is 2. The molecule has 6 nitrogen and oxygen atoms in total. The average molecular weight is 573 g/mol. The monoisotopic (exact) mass is 572 g/mol. The molecule has 42 heavy (non-hydrogen) atoms. The van der Waals surface area contributed by atoms with Crippen LogP contribution in [-0.2, 0) is 9.59 Å². The number of carbonyl (C=O) groups is 2. The van der Waals surface area contributed by atoms with Crippen LogP contribution < -0.4 is 9.47 Å². The summed E-state index contributed by atoms with van der Waals surface area (Å²) in [6, 6.07) is 15.4. The minimum absolute atomic E-state index is 0.167. The lowest BCUT2D eigenvalue weighted by atomic mass is 10.0. The first-order valence-corrected chi connectivity index (χ1v) is 16.0. The number of nitrogens with zero attached hydrogens (tertiary/aromatic N) is 2. The molecule has 2 heterocycles. The summed E-state index contributed by atoms with van der Waals surface area (Å²) in [5, 5.41) is 0. The Morgan fingerprint density at radius 1 is 0.500 bits per heavy atom. The Hall–Kier alpha value is -3.54. The smallest absolute Gasteiger partial charge is 0.261 e. The van der Waals surface area contributed by atoms with Crippen LogP contribution in [0.2, 0.25) is 0 Å². The first-order chi connectivity index (χ1) is 20.5. The fraction of sp³-hybridized carbons (Fsp3) is 0.500. The number of benzene rings is 2. The maximum atomic E-state index is 13.5. The van der Waals surface area contributed by atoms with E-state index in [0.29, 0.717) is 35.8 Å². The van der Waals surface area contributed by atoms with Gasteiger partial charge < -0.3 is 19.3 Å². The summed E-state index contributed by atoms with van der Waals surface area (Å²) in [6.07, 6.45) is 14.7. The van der Waals surface area contributed by atoms with Gasteiger partial charge in [0.25, 0.3) is 11.8 Å². The number of hydrogen-bond donors (Lipinski definition) is 0. The summed E-state index contributed by atoms with van der Waals surface area (Å²) in [4.78, 5) is 30.2. The van der Waals surface area contributed by atoms with Gasteiger partial charge in [0.1, 0.15) is 11.5 Å². The molecule has 2 aliphatic heterocycles. The lowest BCUT2D eigenvalue weighted by molar-refractivity contribution is -0.123. The highest BCUT2D eigenvalue weighted by Gasteiger charge is 2.46. The molecule has 4 rings (SSSR count). The summed E-state index contributed by atoms with van der Waals surface area (Å²) in [7, 11) is 3.48. The zero-order chi connectivity index (χ0) is 29.9. The molecule has 0 atom stereocenters. The van der Waals surface area contributed by atoms with Crippen molar-refractivity contribution < 1.29 is 19.1 Å². The van der Waals surface area contributed by atoms with Crippen LogP contribution in [-0.4, -0.2) is 48.9 Å². The van der Waals surface area contributed by atoms with E-state index < -0.39 is 0 Å². The predicted molar refractivity (Wildman–Crippen MR) is 170 cm³/mol. The van der Waals surface area contributed by atoms with Crippen LogP contribution in [0.5, 0.6) is 11.5 Å². The fourth-order valence-electron chi connectivity index (χ4n) is 5.77. The van der Waals surface area contributed by atoms with Crippen LogP contribution in [0, 0.1) is 0 Å². The molecule has 0 N–H and O–H groups in total. The number of fused-ring (bicyclic) bond motifs is 1. The maximum Gasteiger partial charge on any atom is 0.261 e. The van der Waals surface area contributed by atoms with E-state index in [9.17, 15) is 9.59 Å². The lowest BCUT2D eigenvalue weighted by Gasteiger charge is -2.20. The zero-order valence-electron chi connectivity index (χ0n) is 26.0. The van der Waals surface area contributed by atoms with Gasteiger partial charge >= 0.3 is 0 Å². The van der Waals surface area contributed by atoms with Gasteiger partial charge in [0.15, 0.2) is 0 Å². The third-order valence-corrected chi connectivity index (χ3v) is 8.22. The van der Waals surface area contributed by atoms with Crippen molar-refractivity contribution in [3.05, 3.63) is 70.8 Å². The van der Waals surface area contributed by atoms with Crippen LogP contribution in [0.25, 0.3) is 11.4 Å². The van der Waals surface area contributed by atoms with Crippen LogP contribution in [0.1, 0.15) is 102 Å². The number of ether oxygens (including phenoxy) is 2. The number of likely N-dealkylation sites (N-methyl/N-ethyl adjacent to an activating group) is 2. The van der Waals surface area contributed by atoms with E-state index in [0.717, 1.165) is 35.5 Å². The largest absolute Gasteiger partial charge is 0.494 e. The van der Waals surface area contributed by atoms with Gasteiger partial charge in [-0.25, -0.2) is 0 Å². The molecule has 0 saturated carbocycles. The van der Waals surface area contributed by atoms with Crippen molar-refractivity contribution in [1.29, 1.82) is 0 Å². The fourth-order valence-corrected chi connectivity index (χ4v) is 5.77. The summed E-state index contributed by atoms with van der Waals surface area (Å²) in [5.74, 6) is 1.27. The second kappa shape index (κ2) is 15.6. The minimum Gasteiger partial charge on any atom is -0.494 e. The molecule has 0 fully saturated rings. The van der Waals surface area contributed by atoms with Crippen LogP contribution >= 0.6 is 0 Å². The van der Waals surface area contributed by atoms with E-state index in [4.69, 9.17) is 9.47 Å². The van der Waals surface area contributed by atoms with Gasteiger partial charge in [-0.05, 0) is 72.5 Å². The SMILES string of the molecule is CCCCCCCCOc1ccc(C2=C3C(=O)N(C)C(c4ccc(OCCCCCCCC)cc4)=C3C(=O)N2C)cc1. The third-order valence-electron chi connectivity index (χ3n) is 8.22. The molecule has 0 bridgehead atoms. The standard InChI is InChI=1S/C36H48N2O4/c1-5-7-9-11-13-15-25-41-29-21-17-27(18-22-29)33-31-32(36(40)37(33)3)34(38(4)35(31)39)28-19-23-30(24-20-28)42-26-16-14-12-10-8-6-2/h17-24H,5-16,25-26H2,1-4H3. The Morgan fingerprint density at radius 2 is 0.833 bits per heavy atom. The normalized spacial score (nSPS) is 14.9. The maximum absolute atomic E-state index is 13.5. The molecule has 2 amide bonds. The predicted octanol–water partition coefficient (Wildman–Crippen LogP) is 8.23. The molecule has 0 aromatic heterocycles. The van der Waals surface area contributed by atoms with E-state index in [1.807, 2.05) is 48.5 Å². The number of unbranched alkanes of at least 4 members (excludes halogenated alkanes) is 10. The van der Waals surface area contributed by atoms with Crippen molar-refractivity contribution in [1.82, 2.24) is 9.80 Å². The number of hydrogen-bond acceptors (Lipinski definition) is 4. The zero-order valence-corrected chi connectivity index (χ0v) is 26.0. The van der Waals surface area contributed by atoms with Crippen molar-refractivity contribution >= 4 is 23.2 Å². The Balaban J connectivity index is 1.43. The molecule has 6 heteroatoms. The topological polar surface area (TPSA) is 59.1 Å². The Morgan fingerprint density at radius 3 is 1.19 bits per heavy atom. The van der Waals surface area contributed by atoms with Crippen LogP contribution in [0.15, 0.2) is 59.7 Å². The second-order valence-corrected chi connectivity index (χ2v) is 11.5. The van der Waals surface area contributed by atoms with Gasteiger partial charge in [0.05, 0.1) is 35.8 Å². The van der Waals surface area contributed by atoms with Gasteiger partial charge in [-0.2, -0.15) is 0 Å².